The average molecular weight is 360 g/mol. The lowest BCUT2D eigenvalue weighted by atomic mass is 10.1. The van der Waals surface area contributed by atoms with E-state index in [1.807, 2.05) is 18.2 Å². The van der Waals surface area contributed by atoms with E-state index in [4.69, 9.17) is 11.6 Å². The summed E-state index contributed by atoms with van der Waals surface area (Å²) in [5, 5.41) is 11.6. The van der Waals surface area contributed by atoms with Gasteiger partial charge in [0.05, 0.1) is 6.42 Å². The monoisotopic (exact) mass is 359 g/mol. The van der Waals surface area contributed by atoms with Gasteiger partial charge in [0, 0.05) is 31.2 Å². The SMILES string of the molecule is O=CN1CCN(c2ccc(NC(=O)Cc3ccc(Cl)cc3)nn2)CC1. The minimum absolute atomic E-state index is 0.163. The summed E-state index contributed by atoms with van der Waals surface area (Å²) in [4.78, 5) is 26.6. The number of anilines is 2. The summed E-state index contributed by atoms with van der Waals surface area (Å²) in [6, 6.07) is 10.7. The van der Waals surface area contributed by atoms with E-state index in [2.05, 4.69) is 20.4 Å². The predicted molar refractivity (Wildman–Crippen MR) is 95.7 cm³/mol. The smallest absolute Gasteiger partial charge is 0.229 e. The number of piperazine rings is 1. The number of carbonyl (C=O) groups excluding carboxylic acids is 2. The number of rotatable bonds is 5. The second kappa shape index (κ2) is 7.94. The maximum absolute atomic E-state index is 12.1. The second-order valence-electron chi connectivity index (χ2n) is 5.76. The summed E-state index contributed by atoms with van der Waals surface area (Å²) < 4.78 is 0. The van der Waals surface area contributed by atoms with E-state index in [9.17, 15) is 9.59 Å². The molecule has 2 heterocycles. The molecule has 1 fully saturated rings. The molecule has 7 nitrogen and oxygen atoms in total. The first-order valence-electron chi connectivity index (χ1n) is 7.96. The van der Waals surface area contributed by atoms with Crippen molar-refractivity contribution in [3.63, 3.8) is 0 Å². The Hall–Kier alpha value is -2.67. The Bertz CT molecular complexity index is 728. The van der Waals surface area contributed by atoms with Gasteiger partial charge in [-0.25, -0.2) is 0 Å². The molecule has 2 amide bonds. The molecule has 0 aliphatic carbocycles. The number of nitrogens with one attached hydrogen (secondary N) is 1. The van der Waals surface area contributed by atoms with E-state index in [-0.39, 0.29) is 12.3 Å². The average Bonchev–Trinajstić information content (AvgIpc) is 2.64. The fourth-order valence-corrected chi connectivity index (χ4v) is 2.72. The maximum Gasteiger partial charge on any atom is 0.229 e. The first-order valence-corrected chi connectivity index (χ1v) is 8.34. The molecule has 1 aliphatic rings. The van der Waals surface area contributed by atoms with Crippen LogP contribution in [0.1, 0.15) is 5.56 Å². The van der Waals surface area contributed by atoms with Crippen molar-refractivity contribution in [3.8, 4) is 0 Å². The first-order chi connectivity index (χ1) is 12.1. The lowest BCUT2D eigenvalue weighted by Crippen LogP contribution is -2.46. The van der Waals surface area contributed by atoms with Crippen molar-refractivity contribution in [1.29, 1.82) is 0 Å². The molecule has 0 bridgehead atoms. The Morgan fingerprint density at radius 3 is 2.40 bits per heavy atom. The quantitative estimate of drug-likeness (QED) is 0.820. The highest BCUT2D eigenvalue weighted by Gasteiger charge is 2.17. The van der Waals surface area contributed by atoms with Crippen LogP contribution in [0.25, 0.3) is 0 Å². The highest BCUT2D eigenvalue weighted by molar-refractivity contribution is 6.30. The third kappa shape index (κ3) is 4.67. The number of amides is 2. The van der Waals surface area contributed by atoms with E-state index in [1.165, 1.54) is 0 Å². The van der Waals surface area contributed by atoms with Crippen LogP contribution in [-0.2, 0) is 16.0 Å². The lowest BCUT2D eigenvalue weighted by molar-refractivity contribution is -0.118. The molecule has 0 unspecified atom stereocenters. The van der Waals surface area contributed by atoms with Crippen molar-refractivity contribution < 1.29 is 9.59 Å². The predicted octanol–water partition coefficient (Wildman–Crippen LogP) is 1.59. The van der Waals surface area contributed by atoms with Gasteiger partial charge < -0.3 is 15.1 Å². The summed E-state index contributed by atoms with van der Waals surface area (Å²) in [5.74, 6) is 0.986. The van der Waals surface area contributed by atoms with Crippen LogP contribution in [0, 0.1) is 0 Å². The Morgan fingerprint density at radius 2 is 1.80 bits per heavy atom. The van der Waals surface area contributed by atoms with E-state index in [0.717, 1.165) is 30.9 Å². The van der Waals surface area contributed by atoms with Crippen LogP contribution >= 0.6 is 11.6 Å². The molecule has 0 atom stereocenters. The van der Waals surface area contributed by atoms with Gasteiger partial charge in [0.2, 0.25) is 12.3 Å². The third-order valence-corrected chi connectivity index (χ3v) is 4.24. The third-order valence-electron chi connectivity index (χ3n) is 3.98. The van der Waals surface area contributed by atoms with Gasteiger partial charge in [0.1, 0.15) is 0 Å². The Kier molecular flexibility index (Phi) is 5.45. The highest BCUT2D eigenvalue weighted by atomic mass is 35.5. The number of hydrogen-bond acceptors (Lipinski definition) is 5. The lowest BCUT2D eigenvalue weighted by Gasteiger charge is -2.32. The minimum Gasteiger partial charge on any atom is -0.352 e. The number of hydrogen-bond donors (Lipinski definition) is 1. The number of nitrogens with zero attached hydrogens (tertiary/aromatic N) is 4. The van der Waals surface area contributed by atoms with Gasteiger partial charge in [-0.05, 0) is 29.8 Å². The van der Waals surface area contributed by atoms with Gasteiger partial charge in [-0.15, -0.1) is 10.2 Å². The maximum atomic E-state index is 12.1. The van der Waals surface area contributed by atoms with E-state index < -0.39 is 0 Å². The van der Waals surface area contributed by atoms with Crippen LogP contribution in [0.5, 0.6) is 0 Å². The zero-order valence-corrected chi connectivity index (χ0v) is 14.3. The largest absolute Gasteiger partial charge is 0.352 e. The summed E-state index contributed by atoms with van der Waals surface area (Å²) in [6.07, 6.45) is 1.11. The molecule has 1 aliphatic heterocycles. The molecule has 130 valence electrons. The molecule has 2 aromatic rings. The normalized spacial score (nSPS) is 14.3. The fourth-order valence-electron chi connectivity index (χ4n) is 2.59. The first kappa shape index (κ1) is 17.2. The van der Waals surface area contributed by atoms with E-state index in [0.29, 0.717) is 23.9 Å². The van der Waals surface area contributed by atoms with Gasteiger partial charge in [-0.3, -0.25) is 9.59 Å². The molecular weight excluding hydrogens is 342 g/mol. The molecule has 1 aromatic carbocycles. The van der Waals surface area contributed by atoms with E-state index >= 15 is 0 Å². The molecule has 0 radical (unpaired) electrons. The molecular formula is C17H18ClN5O2. The second-order valence-corrected chi connectivity index (χ2v) is 6.19. The molecule has 1 N–H and O–H groups in total. The minimum atomic E-state index is -0.163. The van der Waals surface area contributed by atoms with Crippen molar-refractivity contribution in [2.24, 2.45) is 0 Å². The molecule has 1 saturated heterocycles. The summed E-state index contributed by atoms with van der Waals surface area (Å²) in [5.41, 5.74) is 0.875. The summed E-state index contributed by atoms with van der Waals surface area (Å²) in [7, 11) is 0. The molecule has 3 rings (SSSR count). The Balaban J connectivity index is 1.54. The van der Waals surface area contributed by atoms with Gasteiger partial charge in [-0.2, -0.15) is 0 Å². The number of halogens is 1. The van der Waals surface area contributed by atoms with Crippen LogP contribution in [0.2, 0.25) is 5.02 Å². The number of benzene rings is 1. The highest BCUT2D eigenvalue weighted by Crippen LogP contribution is 2.14. The summed E-state index contributed by atoms with van der Waals surface area (Å²) >= 11 is 5.83. The standard InChI is InChI=1S/C17H18ClN5O2/c18-14-3-1-13(2-4-14)11-17(25)19-15-5-6-16(21-20-15)23-9-7-22(12-24)8-10-23/h1-6,12H,7-11H2,(H,19,20,25). The molecule has 0 saturated carbocycles. The van der Waals surface area contributed by atoms with E-state index in [1.54, 1.807) is 23.1 Å². The fraction of sp³-hybridized carbons (Fsp3) is 0.294. The summed E-state index contributed by atoms with van der Waals surface area (Å²) in [6.45, 7) is 2.78. The van der Waals surface area contributed by atoms with Gasteiger partial charge >= 0.3 is 0 Å². The number of carbonyl (C=O) groups is 2. The molecule has 1 aromatic heterocycles. The van der Waals surface area contributed by atoms with Crippen LogP contribution in [-0.4, -0.2) is 53.6 Å². The zero-order valence-electron chi connectivity index (χ0n) is 13.6. The van der Waals surface area contributed by atoms with Crippen molar-refractivity contribution in [1.82, 2.24) is 15.1 Å². The molecule has 8 heteroatoms. The molecule has 25 heavy (non-hydrogen) atoms. The Labute approximate surface area is 150 Å². The van der Waals surface area contributed by atoms with Crippen molar-refractivity contribution in [2.75, 3.05) is 36.4 Å². The molecule has 0 spiro atoms. The van der Waals surface area contributed by atoms with Crippen LogP contribution in [0.3, 0.4) is 0 Å². The van der Waals surface area contributed by atoms with Crippen molar-refractivity contribution in [3.05, 3.63) is 47.0 Å². The van der Waals surface area contributed by atoms with Crippen LogP contribution in [0.15, 0.2) is 36.4 Å². The topological polar surface area (TPSA) is 78.4 Å². The van der Waals surface area contributed by atoms with Gasteiger partial charge in [0.25, 0.3) is 0 Å². The van der Waals surface area contributed by atoms with Crippen molar-refractivity contribution in [2.45, 2.75) is 6.42 Å². The zero-order chi connectivity index (χ0) is 17.6. The van der Waals surface area contributed by atoms with Crippen LogP contribution in [0.4, 0.5) is 11.6 Å². The van der Waals surface area contributed by atoms with Crippen LogP contribution < -0.4 is 10.2 Å². The number of aromatic nitrogens is 2. The van der Waals surface area contributed by atoms with Crippen molar-refractivity contribution >= 4 is 35.6 Å². The van der Waals surface area contributed by atoms with Gasteiger partial charge in [0.15, 0.2) is 11.6 Å². The van der Waals surface area contributed by atoms with Gasteiger partial charge in [-0.1, -0.05) is 23.7 Å². The Morgan fingerprint density at radius 1 is 1.08 bits per heavy atom.